The van der Waals surface area contributed by atoms with Crippen LogP contribution < -0.4 is 0 Å². The maximum absolute atomic E-state index is 6.01. The molecule has 0 saturated heterocycles. The van der Waals surface area contributed by atoms with Crippen molar-refractivity contribution < 1.29 is 0 Å². The molecule has 0 bridgehead atoms. The first-order chi connectivity index (χ1) is 5.46. The monoisotopic (exact) mass is 650 g/mol. The standard InChI is InChI=1S/C6Cl2I4/c7-1-2(8)4(10)6(12)5(11)3(1)9. The van der Waals surface area contributed by atoms with Gasteiger partial charge in [-0.2, -0.15) is 0 Å². The summed E-state index contributed by atoms with van der Waals surface area (Å²) in [6.45, 7) is 0. The van der Waals surface area contributed by atoms with E-state index in [0.29, 0.717) is 10.0 Å². The summed E-state index contributed by atoms with van der Waals surface area (Å²) in [7, 11) is 0. The van der Waals surface area contributed by atoms with Crippen molar-refractivity contribution in [2.45, 2.75) is 0 Å². The Balaban J connectivity index is 3.60. The van der Waals surface area contributed by atoms with Crippen molar-refractivity contribution in [1.82, 2.24) is 0 Å². The zero-order chi connectivity index (χ0) is 9.46. The van der Waals surface area contributed by atoms with Crippen molar-refractivity contribution in [2.75, 3.05) is 0 Å². The molecule has 0 fully saturated rings. The van der Waals surface area contributed by atoms with Gasteiger partial charge in [0.05, 0.1) is 10.0 Å². The number of rotatable bonds is 0. The smallest absolute Gasteiger partial charge is 0.0748 e. The van der Waals surface area contributed by atoms with Gasteiger partial charge in [0.15, 0.2) is 0 Å². The molecule has 1 aromatic rings. The second-order valence-electron chi connectivity index (χ2n) is 1.88. The molecule has 1 aromatic carbocycles. The Hall–Kier alpha value is 2.72. The second kappa shape index (κ2) is 5.17. The molecule has 0 N–H and O–H groups in total. The molecule has 0 aliphatic heterocycles. The van der Waals surface area contributed by atoms with Crippen molar-refractivity contribution in [3.8, 4) is 0 Å². The van der Waals surface area contributed by atoms with Crippen LogP contribution in [0.25, 0.3) is 0 Å². The minimum atomic E-state index is 0.659. The van der Waals surface area contributed by atoms with Gasteiger partial charge in [0.2, 0.25) is 0 Å². The zero-order valence-corrected chi connectivity index (χ0v) is 15.4. The van der Waals surface area contributed by atoms with Gasteiger partial charge in [-0.15, -0.1) is 0 Å². The summed E-state index contributed by atoms with van der Waals surface area (Å²) in [6, 6.07) is 0. The first kappa shape index (κ1) is 12.8. The molecule has 1 rings (SSSR count). The summed E-state index contributed by atoms with van der Waals surface area (Å²) < 4.78 is 4.41. The Labute approximate surface area is 135 Å². The predicted molar refractivity (Wildman–Crippen MR) is 87.3 cm³/mol. The van der Waals surface area contributed by atoms with Gasteiger partial charge in [-0.05, 0) is 90.4 Å². The van der Waals surface area contributed by atoms with Crippen LogP contribution in [0.2, 0.25) is 10.0 Å². The fourth-order valence-corrected chi connectivity index (χ4v) is 4.78. The molecule has 0 nitrogen and oxygen atoms in total. The van der Waals surface area contributed by atoms with Crippen LogP contribution in [0.3, 0.4) is 0 Å². The van der Waals surface area contributed by atoms with Crippen molar-refractivity contribution in [2.24, 2.45) is 0 Å². The lowest BCUT2D eigenvalue weighted by Crippen LogP contribution is -1.92. The molecule has 0 atom stereocenters. The van der Waals surface area contributed by atoms with Gasteiger partial charge in [-0.3, -0.25) is 0 Å². The zero-order valence-electron chi connectivity index (χ0n) is 5.27. The highest BCUT2D eigenvalue weighted by Gasteiger charge is 2.15. The lowest BCUT2D eigenvalue weighted by molar-refractivity contribution is 1.48. The molecule has 0 unspecified atom stereocenters. The third-order valence-electron chi connectivity index (χ3n) is 1.16. The third kappa shape index (κ3) is 2.45. The summed E-state index contributed by atoms with van der Waals surface area (Å²) in [5.41, 5.74) is 0. The van der Waals surface area contributed by atoms with E-state index in [0.717, 1.165) is 7.14 Å². The van der Waals surface area contributed by atoms with Crippen LogP contribution in [-0.4, -0.2) is 0 Å². The highest BCUT2D eigenvalue weighted by Crippen LogP contribution is 2.38. The van der Waals surface area contributed by atoms with Crippen molar-refractivity contribution in [3.63, 3.8) is 0 Å². The summed E-state index contributed by atoms with van der Waals surface area (Å²) in [6.07, 6.45) is 0. The van der Waals surface area contributed by atoms with Crippen LogP contribution in [-0.2, 0) is 0 Å². The van der Waals surface area contributed by atoms with Gasteiger partial charge in [-0.25, -0.2) is 0 Å². The summed E-state index contributed by atoms with van der Waals surface area (Å²) >= 11 is 21.0. The highest BCUT2D eigenvalue weighted by molar-refractivity contribution is 14.1. The first-order valence-corrected chi connectivity index (χ1v) is 7.70. The van der Waals surface area contributed by atoms with Crippen LogP contribution in [0, 0.1) is 14.3 Å². The average molecular weight is 651 g/mol. The molecule has 66 valence electrons. The van der Waals surface area contributed by atoms with E-state index < -0.39 is 0 Å². The lowest BCUT2D eigenvalue weighted by Gasteiger charge is -2.07. The van der Waals surface area contributed by atoms with E-state index in [1.807, 2.05) is 0 Å². The summed E-state index contributed by atoms with van der Waals surface area (Å²) in [4.78, 5) is 0. The fourth-order valence-electron chi connectivity index (χ4n) is 0.578. The van der Waals surface area contributed by atoms with Gasteiger partial charge >= 0.3 is 0 Å². The van der Waals surface area contributed by atoms with Crippen LogP contribution >= 0.6 is 114 Å². The molecule has 0 amide bonds. The molecule has 6 heteroatoms. The van der Waals surface area contributed by atoms with E-state index in [9.17, 15) is 0 Å². The van der Waals surface area contributed by atoms with Crippen LogP contribution in [0.15, 0.2) is 0 Å². The number of halogens is 6. The Morgan fingerprint density at radius 3 is 1.08 bits per heavy atom. The molecular formula is C6Cl2I4. The summed E-state index contributed by atoms with van der Waals surface area (Å²) in [5.74, 6) is 0. The minimum Gasteiger partial charge on any atom is -0.0815 e. The number of benzene rings is 1. The molecule has 0 aliphatic rings. The maximum Gasteiger partial charge on any atom is 0.0748 e. The van der Waals surface area contributed by atoms with Crippen LogP contribution in [0.4, 0.5) is 0 Å². The van der Waals surface area contributed by atoms with Crippen LogP contribution in [0.5, 0.6) is 0 Å². The molecular weight excluding hydrogens is 651 g/mol. The van der Waals surface area contributed by atoms with Gasteiger partial charge in [0.1, 0.15) is 0 Å². The highest BCUT2D eigenvalue weighted by atomic mass is 127. The fraction of sp³-hybridized carbons (Fsp3) is 0. The Kier molecular flexibility index (Phi) is 5.51. The van der Waals surface area contributed by atoms with Gasteiger partial charge in [-0.1, -0.05) is 23.2 Å². The Morgan fingerprint density at radius 2 is 0.833 bits per heavy atom. The van der Waals surface area contributed by atoms with Crippen molar-refractivity contribution in [3.05, 3.63) is 24.3 Å². The molecule has 0 spiro atoms. The SMILES string of the molecule is Clc1c(Cl)c(I)c(I)c(I)c1I. The van der Waals surface area contributed by atoms with Gasteiger partial charge < -0.3 is 0 Å². The van der Waals surface area contributed by atoms with Crippen molar-refractivity contribution in [1.29, 1.82) is 0 Å². The van der Waals surface area contributed by atoms with Crippen molar-refractivity contribution >= 4 is 114 Å². The first-order valence-electron chi connectivity index (χ1n) is 2.63. The Morgan fingerprint density at radius 1 is 0.583 bits per heavy atom. The largest absolute Gasteiger partial charge is 0.0815 e. The lowest BCUT2D eigenvalue weighted by atomic mass is 10.4. The van der Waals surface area contributed by atoms with E-state index in [4.69, 9.17) is 23.2 Å². The van der Waals surface area contributed by atoms with E-state index >= 15 is 0 Å². The van der Waals surface area contributed by atoms with E-state index in [1.54, 1.807) is 0 Å². The normalized spacial score (nSPS) is 10.5. The third-order valence-corrected chi connectivity index (χ3v) is 10.1. The van der Waals surface area contributed by atoms with E-state index in [1.165, 1.54) is 7.14 Å². The predicted octanol–water partition coefficient (Wildman–Crippen LogP) is 5.41. The summed E-state index contributed by atoms with van der Waals surface area (Å²) in [5, 5.41) is 1.32. The van der Waals surface area contributed by atoms with Gasteiger partial charge in [0, 0.05) is 14.3 Å². The molecule has 0 saturated carbocycles. The molecule has 0 aromatic heterocycles. The molecule has 0 heterocycles. The molecule has 0 radical (unpaired) electrons. The Bertz CT molecular complexity index is 232. The van der Waals surface area contributed by atoms with Crippen LogP contribution in [0.1, 0.15) is 0 Å². The average Bonchev–Trinajstić information content (AvgIpc) is 2.08. The maximum atomic E-state index is 6.01. The van der Waals surface area contributed by atoms with Gasteiger partial charge in [0.25, 0.3) is 0 Å². The minimum absolute atomic E-state index is 0.659. The molecule has 12 heavy (non-hydrogen) atoms. The second-order valence-corrected chi connectivity index (χ2v) is 6.95. The molecule has 0 aliphatic carbocycles. The number of hydrogen-bond acceptors (Lipinski definition) is 0. The van der Waals surface area contributed by atoms with E-state index in [-0.39, 0.29) is 0 Å². The topological polar surface area (TPSA) is 0 Å². The quantitative estimate of drug-likeness (QED) is 0.200. The number of hydrogen-bond donors (Lipinski definition) is 0. The van der Waals surface area contributed by atoms with E-state index in [2.05, 4.69) is 90.4 Å².